The number of para-hydroxylation sites is 2. The summed E-state index contributed by atoms with van der Waals surface area (Å²) >= 11 is 1.37. The zero-order chi connectivity index (χ0) is 17.2. The summed E-state index contributed by atoms with van der Waals surface area (Å²) in [6, 6.07) is 18.1. The van der Waals surface area contributed by atoms with Crippen LogP contribution in [0.25, 0.3) is 5.69 Å². The van der Waals surface area contributed by atoms with Gasteiger partial charge in [0.15, 0.2) is 0 Å². The van der Waals surface area contributed by atoms with Crippen LogP contribution < -0.4 is 4.90 Å². The molecule has 3 aromatic rings. The number of benzene rings is 2. The van der Waals surface area contributed by atoms with E-state index in [1.165, 1.54) is 17.3 Å². The van der Waals surface area contributed by atoms with Gasteiger partial charge in [0.2, 0.25) is 11.1 Å². The van der Waals surface area contributed by atoms with Crippen molar-refractivity contribution in [3.05, 3.63) is 66.5 Å². The quantitative estimate of drug-likeness (QED) is 0.677. The van der Waals surface area contributed by atoms with E-state index in [2.05, 4.69) is 23.1 Å². The molecule has 0 unspecified atom stereocenters. The van der Waals surface area contributed by atoms with E-state index in [4.69, 9.17) is 0 Å². The predicted octanol–water partition coefficient (Wildman–Crippen LogP) is 3.34. The molecule has 0 N–H and O–H groups in total. The van der Waals surface area contributed by atoms with Crippen LogP contribution in [0.4, 0.5) is 5.69 Å². The van der Waals surface area contributed by atoms with Gasteiger partial charge in [-0.05, 0) is 37.1 Å². The maximum Gasteiger partial charge on any atom is 0.237 e. The normalized spacial score (nSPS) is 16.0. The number of fused-ring (bicyclic) bond motifs is 1. The average Bonchev–Trinajstić information content (AvgIpc) is 3.24. The lowest BCUT2D eigenvalue weighted by atomic mass is 10.1. The molecule has 0 fully saturated rings. The van der Waals surface area contributed by atoms with Gasteiger partial charge in [0, 0.05) is 11.7 Å². The predicted molar refractivity (Wildman–Crippen MR) is 99.2 cm³/mol. The Morgan fingerprint density at radius 2 is 1.92 bits per heavy atom. The molecule has 1 aliphatic heterocycles. The molecular weight excluding hydrogens is 332 g/mol. The Kier molecular flexibility index (Phi) is 4.28. The van der Waals surface area contributed by atoms with E-state index in [0.717, 1.165) is 17.8 Å². The Hall–Kier alpha value is -2.60. The summed E-state index contributed by atoms with van der Waals surface area (Å²) < 4.78 is 1.72. The van der Waals surface area contributed by atoms with Crippen LogP contribution in [0, 0.1) is 0 Å². The van der Waals surface area contributed by atoms with Crippen LogP contribution in [0.3, 0.4) is 0 Å². The molecule has 5 nitrogen and oxygen atoms in total. The molecule has 0 saturated heterocycles. The molecule has 1 atom stereocenters. The van der Waals surface area contributed by atoms with Crippen LogP contribution in [0.1, 0.15) is 12.5 Å². The zero-order valence-electron chi connectivity index (χ0n) is 13.9. The molecule has 0 aliphatic carbocycles. The van der Waals surface area contributed by atoms with Crippen molar-refractivity contribution >= 4 is 23.4 Å². The van der Waals surface area contributed by atoms with E-state index in [9.17, 15) is 4.79 Å². The Morgan fingerprint density at radius 3 is 2.76 bits per heavy atom. The van der Waals surface area contributed by atoms with Gasteiger partial charge < -0.3 is 4.90 Å². The first-order valence-electron chi connectivity index (χ1n) is 8.22. The molecule has 6 heteroatoms. The monoisotopic (exact) mass is 350 g/mol. The van der Waals surface area contributed by atoms with Gasteiger partial charge in [-0.3, -0.25) is 4.79 Å². The highest BCUT2D eigenvalue weighted by Crippen LogP contribution is 2.32. The van der Waals surface area contributed by atoms with Crippen molar-refractivity contribution in [3.8, 4) is 5.69 Å². The lowest BCUT2D eigenvalue weighted by molar-refractivity contribution is -0.116. The van der Waals surface area contributed by atoms with Gasteiger partial charge >= 0.3 is 0 Å². The van der Waals surface area contributed by atoms with Crippen molar-refractivity contribution in [1.29, 1.82) is 0 Å². The number of thioether (sulfide) groups is 1. The fourth-order valence-corrected chi connectivity index (χ4v) is 3.82. The third-order valence-electron chi connectivity index (χ3n) is 4.29. The van der Waals surface area contributed by atoms with E-state index >= 15 is 0 Å². The Morgan fingerprint density at radius 1 is 1.16 bits per heavy atom. The number of aromatic nitrogens is 3. The van der Waals surface area contributed by atoms with Gasteiger partial charge in [-0.15, -0.1) is 5.10 Å². The van der Waals surface area contributed by atoms with E-state index in [1.807, 2.05) is 53.4 Å². The lowest BCUT2D eigenvalue weighted by Gasteiger charge is -2.22. The number of amides is 1. The third-order valence-corrected chi connectivity index (χ3v) is 5.13. The van der Waals surface area contributed by atoms with Crippen LogP contribution in [-0.4, -0.2) is 32.5 Å². The molecular formula is C19H18N4OS. The highest BCUT2D eigenvalue weighted by molar-refractivity contribution is 7.99. The molecule has 1 amide bonds. The summed E-state index contributed by atoms with van der Waals surface area (Å²) in [6.45, 7) is 2.09. The first-order chi connectivity index (χ1) is 12.2. The molecule has 2 heterocycles. The third kappa shape index (κ3) is 3.17. The smallest absolute Gasteiger partial charge is 0.237 e. The minimum Gasteiger partial charge on any atom is -0.308 e. The van der Waals surface area contributed by atoms with E-state index in [0.29, 0.717) is 10.9 Å². The minimum absolute atomic E-state index is 0.0958. The van der Waals surface area contributed by atoms with Crippen molar-refractivity contribution in [2.24, 2.45) is 0 Å². The Labute approximate surface area is 150 Å². The molecule has 0 radical (unpaired) electrons. The zero-order valence-corrected chi connectivity index (χ0v) is 14.7. The SMILES string of the molecule is C[C@@H]1Cc2ccccc2N1C(=O)CSc1ncn(-c2ccccc2)n1. The average molecular weight is 350 g/mol. The fourth-order valence-electron chi connectivity index (χ4n) is 3.16. The maximum atomic E-state index is 12.7. The molecule has 1 aromatic heterocycles. The summed E-state index contributed by atoms with van der Waals surface area (Å²) in [4.78, 5) is 18.9. The number of hydrogen-bond donors (Lipinski definition) is 0. The van der Waals surface area contributed by atoms with Crippen LogP contribution in [0.2, 0.25) is 0 Å². The molecule has 2 aromatic carbocycles. The summed E-state index contributed by atoms with van der Waals surface area (Å²) in [6.07, 6.45) is 2.59. The Bertz CT molecular complexity index is 893. The molecule has 126 valence electrons. The second-order valence-electron chi connectivity index (χ2n) is 6.04. The van der Waals surface area contributed by atoms with Gasteiger partial charge in [0.25, 0.3) is 0 Å². The summed E-state index contributed by atoms with van der Waals surface area (Å²) in [5.74, 6) is 0.427. The second-order valence-corrected chi connectivity index (χ2v) is 6.98. The number of nitrogens with zero attached hydrogens (tertiary/aromatic N) is 4. The molecule has 25 heavy (non-hydrogen) atoms. The standard InChI is InChI=1S/C19H18N4OS/c1-14-11-15-7-5-6-10-17(15)23(14)18(24)12-25-19-20-13-22(21-19)16-8-3-2-4-9-16/h2-10,13-14H,11-12H2,1H3/t14-/m1/s1. The summed E-state index contributed by atoms with van der Waals surface area (Å²) in [5.41, 5.74) is 3.22. The van der Waals surface area contributed by atoms with E-state index in [1.54, 1.807) is 11.0 Å². The van der Waals surface area contributed by atoms with Gasteiger partial charge in [-0.1, -0.05) is 48.2 Å². The van der Waals surface area contributed by atoms with Crippen molar-refractivity contribution in [2.75, 3.05) is 10.7 Å². The second kappa shape index (κ2) is 6.72. The summed E-state index contributed by atoms with van der Waals surface area (Å²) in [7, 11) is 0. The van der Waals surface area contributed by atoms with Crippen LogP contribution in [-0.2, 0) is 11.2 Å². The first kappa shape index (κ1) is 15.9. The van der Waals surface area contributed by atoms with Gasteiger partial charge in [-0.25, -0.2) is 9.67 Å². The molecule has 0 spiro atoms. The first-order valence-corrected chi connectivity index (χ1v) is 9.21. The highest BCUT2D eigenvalue weighted by Gasteiger charge is 2.30. The number of anilines is 1. The lowest BCUT2D eigenvalue weighted by Crippen LogP contribution is -2.37. The van der Waals surface area contributed by atoms with E-state index in [-0.39, 0.29) is 11.9 Å². The van der Waals surface area contributed by atoms with Crippen molar-refractivity contribution in [3.63, 3.8) is 0 Å². The largest absolute Gasteiger partial charge is 0.308 e. The fraction of sp³-hybridized carbons (Fsp3) is 0.211. The molecule has 4 rings (SSSR count). The molecule has 0 bridgehead atoms. The van der Waals surface area contributed by atoms with Crippen molar-refractivity contribution in [1.82, 2.24) is 14.8 Å². The van der Waals surface area contributed by atoms with Crippen molar-refractivity contribution < 1.29 is 4.79 Å². The van der Waals surface area contributed by atoms with Gasteiger partial charge in [0.1, 0.15) is 6.33 Å². The maximum absolute atomic E-state index is 12.7. The van der Waals surface area contributed by atoms with Crippen LogP contribution in [0.5, 0.6) is 0 Å². The van der Waals surface area contributed by atoms with Crippen molar-refractivity contribution in [2.45, 2.75) is 24.5 Å². The topological polar surface area (TPSA) is 51.0 Å². The molecule has 0 saturated carbocycles. The minimum atomic E-state index is 0.0958. The number of carbonyl (C=O) groups excluding carboxylic acids is 1. The number of carbonyl (C=O) groups is 1. The van der Waals surface area contributed by atoms with Crippen LogP contribution >= 0.6 is 11.8 Å². The summed E-state index contributed by atoms with van der Waals surface area (Å²) in [5, 5.41) is 5.05. The van der Waals surface area contributed by atoms with Gasteiger partial charge in [-0.2, -0.15) is 0 Å². The number of hydrogen-bond acceptors (Lipinski definition) is 4. The van der Waals surface area contributed by atoms with E-state index < -0.39 is 0 Å². The Balaban J connectivity index is 1.44. The van der Waals surface area contributed by atoms with Crippen LogP contribution in [0.15, 0.2) is 66.1 Å². The number of rotatable bonds is 4. The van der Waals surface area contributed by atoms with Gasteiger partial charge in [0.05, 0.1) is 11.4 Å². The molecule has 1 aliphatic rings. The highest BCUT2D eigenvalue weighted by atomic mass is 32.2.